The van der Waals surface area contributed by atoms with Crippen molar-refractivity contribution >= 4 is 19.0 Å². The first-order valence-corrected chi connectivity index (χ1v) is 5.37. The quantitative estimate of drug-likeness (QED) is 0.567. The average molecular weight is 229 g/mol. The number of carboxylic acid groups (broad SMARTS) is 1. The molecule has 2 unspecified atom stereocenters. The third kappa shape index (κ3) is 3.82. The minimum Gasteiger partial charge on any atom is -0.481 e. The summed E-state index contributed by atoms with van der Waals surface area (Å²) in [6.45, 7) is 1.72. The maximum Gasteiger partial charge on any atom is 0.478 e. The molecule has 0 aliphatic carbocycles. The molecule has 0 aromatic heterocycles. The average Bonchev–Trinajstić information content (AvgIpc) is 2.21. The molecule has 1 heterocycles. The summed E-state index contributed by atoms with van der Waals surface area (Å²) in [4.78, 5) is 21.6. The Hall–Kier alpha value is -1.08. The molecule has 1 saturated heterocycles. The standard InChI is InChI=1S/C9H16BNO5/c1-2-8(12)11-7-4-3-6(5-9(13)14)16-10(7)15/h6-7,15H,2-5H2,1H3,(H,11,12)(H,13,14). The van der Waals surface area contributed by atoms with E-state index in [4.69, 9.17) is 9.76 Å². The van der Waals surface area contributed by atoms with Gasteiger partial charge in [-0.1, -0.05) is 6.92 Å². The van der Waals surface area contributed by atoms with Crippen LogP contribution in [-0.2, 0) is 14.2 Å². The van der Waals surface area contributed by atoms with E-state index in [1.165, 1.54) is 0 Å². The van der Waals surface area contributed by atoms with Crippen LogP contribution in [0.4, 0.5) is 0 Å². The molecule has 1 aliphatic rings. The van der Waals surface area contributed by atoms with Gasteiger partial charge in [-0.05, 0) is 12.8 Å². The lowest BCUT2D eigenvalue weighted by atomic mass is 9.72. The predicted molar refractivity (Wildman–Crippen MR) is 56.6 cm³/mol. The molecular weight excluding hydrogens is 213 g/mol. The lowest BCUT2D eigenvalue weighted by Crippen LogP contribution is -2.52. The molecule has 0 spiro atoms. The van der Waals surface area contributed by atoms with Crippen molar-refractivity contribution in [3.8, 4) is 0 Å². The zero-order valence-electron chi connectivity index (χ0n) is 9.18. The minimum atomic E-state index is -1.12. The van der Waals surface area contributed by atoms with Gasteiger partial charge < -0.3 is 20.1 Å². The van der Waals surface area contributed by atoms with Crippen LogP contribution in [0, 0.1) is 0 Å². The Morgan fingerprint density at radius 2 is 2.19 bits per heavy atom. The summed E-state index contributed by atoms with van der Waals surface area (Å²) < 4.78 is 5.12. The largest absolute Gasteiger partial charge is 0.481 e. The van der Waals surface area contributed by atoms with E-state index in [2.05, 4.69) is 5.32 Å². The number of nitrogens with one attached hydrogen (secondary N) is 1. The zero-order valence-corrected chi connectivity index (χ0v) is 9.18. The van der Waals surface area contributed by atoms with E-state index >= 15 is 0 Å². The molecule has 3 N–H and O–H groups in total. The Balaban J connectivity index is 2.39. The van der Waals surface area contributed by atoms with Crippen molar-refractivity contribution in [1.82, 2.24) is 5.32 Å². The SMILES string of the molecule is CCC(=O)NC1CCC(CC(=O)O)OB1O. The van der Waals surface area contributed by atoms with E-state index in [-0.39, 0.29) is 12.3 Å². The molecule has 0 aromatic carbocycles. The van der Waals surface area contributed by atoms with Crippen LogP contribution in [0.25, 0.3) is 0 Å². The molecule has 0 bridgehead atoms. The highest BCUT2D eigenvalue weighted by Gasteiger charge is 2.36. The smallest absolute Gasteiger partial charge is 0.478 e. The number of hydrogen-bond acceptors (Lipinski definition) is 4. The lowest BCUT2D eigenvalue weighted by molar-refractivity contribution is -0.139. The minimum absolute atomic E-state index is 0.120. The Labute approximate surface area is 94.1 Å². The molecule has 2 atom stereocenters. The second-order valence-electron chi connectivity index (χ2n) is 3.85. The van der Waals surface area contributed by atoms with Gasteiger partial charge in [-0.25, -0.2) is 0 Å². The van der Waals surface area contributed by atoms with E-state index in [1.807, 2.05) is 0 Å². The van der Waals surface area contributed by atoms with Gasteiger partial charge in [0, 0.05) is 6.42 Å². The van der Waals surface area contributed by atoms with Gasteiger partial charge in [0.2, 0.25) is 5.91 Å². The van der Waals surface area contributed by atoms with E-state index in [0.29, 0.717) is 19.3 Å². The summed E-state index contributed by atoms with van der Waals surface area (Å²) in [5, 5.41) is 20.8. The number of carboxylic acids is 1. The van der Waals surface area contributed by atoms with Crippen molar-refractivity contribution in [3.05, 3.63) is 0 Å². The summed E-state index contributed by atoms with van der Waals surface area (Å²) >= 11 is 0. The highest BCUT2D eigenvalue weighted by Crippen LogP contribution is 2.18. The third-order valence-electron chi connectivity index (χ3n) is 2.55. The van der Waals surface area contributed by atoms with Crippen LogP contribution in [0.3, 0.4) is 0 Å². The number of aliphatic carboxylic acids is 1. The molecule has 1 fully saturated rings. The van der Waals surface area contributed by atoms with Crippen LogP contribution in [0.1, 0.15) is 32.6 Å². The van der Waals surface area contributed by atoms with Gasteiger partial charge in [-0.2, -0.15) is 0 Å². The van der Waals surface area contributed by atoms with Gasteiger partial charge >= 0.3 is 13.1 Å². The van der Waals surface area contributed by atoms with Gasteiger partial charge in [0.05, 0.1) is 18.5 Å². The predicted octanol–water partition coefficient (Wildman–Crippen LogP) is -0.445. The zero-order chi connectivity index (χ0) is 12.1. The summed E-state index contributed by atoms with van der Waals surface area (Å²) in [5.74, 6) is -1.53. The Bertz CT molecular complexity index is 273. The third-order valence-corrected chi connectivity index (χ3v) is 2.55. The van der Waals surface area contributed by atoms with Crippen LogP contribution in [0.5, 0.6) is 0 Å². The maximum absolute atomic E-state index is 11.1. The van der Waals surface area contributed by atoms with E-state index in [1.54, 1.807) is 6.92 Å². The van der Waals surface area contributed by atoms with Crippen molar-refractivity contribution in [2.75, 3.05) is 0 Å². The fourth-order valence-electron chi connectivity index (χ4n) is 1.67. The van der Waals surface area contributed by atoms with Crippen molar-refractivity contribution < 1.29 is 24.4 Å². The van der Waals surface area contributed by atoms with Crippen molar-refractivity contribution in [3.63, 3.8) is 0 Å². The number of amides is 1. The Morgan fingerprint density at radius 1 is 1.50 bits per heavy atom. The molecular formula is C9H16BNO5. The monoisotopic (exact) mass is 229 g/mol. The summed E-state index contributed by atoms with van der Waals surface area (Å²) in [6.07, 6.45) is 0.818. The highest BCUT2D eigenvalue weighted by molar-refractivity contribution is 6.45. The highest BCUT2D eigenvalue weighted by atomic mass is 16.5. The van der Waals surface area contributed by atoms with Crippen LogP contribution in [0.2, 0.25) is 0 Å². The van der Waals surface area contributed by atoms with Gasteiger partial charge in [0.1, 0.15) is 0 Å². The molecule has 1 rings (SSSR count). The molecule has 90 valence electrons. The first-order chi connectivity index (χ1) is 7.52. The fraction of sp³-hybridized carbons (Fsp3) is 0.778. The molecule has 7 heteroatoms. The molecule has 16 heavy (non-hydrogen) atoms. The summed E-state index contributed by atoms with van der Waals surface area (Å²) in [6, 6.07) is 0. The fourth-order valence-corrected chi connectivity index (χ4v) is 1.67. The molecule has 0 radical (unpaired) electrons. The van der Waals surface area contributed by atoms with Crippen molar-refractivity contribution in [2.24, 2.45) is 0 Å². The second kappa shape index (κ2) is 5.86. The normalized spacial score (nSPS) is 25.2. The molecule has 0 saturated carbocycles. The number of carbonyl (C=O) groups is 2. The van der Waals surface area contributed by atoms with Gasteiger partial charge in [-0.15, -0.1) is 0 Å². The molecule has 1 aliphatic heterocycles. The maximum atomic E-state index is 11.1. The van der Waals surface area contributed by atoms with Crippen LogP contribution in [0.15, 0.2) is 0 Å². The van der Waals surface area contributed by atoms with Gasteiger partial charge in [0.25, 0.3) is 0 Å². The number of rotatable bonds is 4. The van der Waals surface area contributed by atoms with Gasteiger partial charge in [0.15, 0.2) is 0 Å². The van der Waals surface area contributed by atoms with Crippen molar-refractivity contribution in [2.45, 2.75) is 44.7 Å². The number of carbonyl (C=O) groups excluding carboxylic acids is 1. The topological polar surface area (TPSA) is 95.9 Å². The first-order valence-electron chi connectivity index (χ1n) is 5.37. The first kappa shape index (κ1) is 13.0. The van der Waals surface area contributed by atoms with E-state index in [9.17, 15) is 14.6 Å². The van der Waals surface area contributed by atoms with E-state index < -0.39 is 25.1 Å². The van der Waals surface area contributed by atoms with Gasteiger partial charge in [-0.3, -0.25) is 9.59 Å². The number of hydrogen-bond donors (Lipinski definition) is 3. The Morgan fingerprint density at radius 3 is 2.69 bits per heavy atom. The van der Waals surface area contributed by atoms with Crippen LogP contribution in [-0.4, -0.2) is 41.2 Å². The second-order valence-corrected chi connectivity index (χ2v) is 3.85. The lowest BCUT2D eigenvalue weighted by Gasteiger charge is -2.30. The van der Waals surface area contributed by atoms with Crippen LogP contribution < -0.4 is 5.32 Å². The molecule has 1 amide bonds. The summed E-state index contributed by atoms with van der Waals surface area (Å²) in [5.41, 5.74) is 0. The molecule has 0 aromatic rings. The summed E-state index contributed by atoms with van der Waals surface area (Å²) in [7, 11) is -1.12. The molecule has 6 nitrogen and oxygen atoms in total. The van der Waals surface area contributed by atoms with Crippen molar-refractivity contribution in [1.29, 1.82) is 0 Å². The Kier molecular flexibility index (Phi) is 4.76. The van der Waals surface area contributed by atoms with Crippen LogP contribution >= 0.6 is 0 Å². The van der Waals surface area contributed by atoms with E-state index in [0.717, 1.165) is 0 Å².